The molecule has 3 N–H and O–H groups in total. The quantitative estimate of drug-likeness (QED) is 0.843. The normalized spacial score (nSPS) is 10.1. The van der Waals surface area contributed by atoms with Crippen LogP contribution in [0.4, 0.5) is 11.6 Å². The van der Waals surface area contributed by atoms with Gasteiger partial charge in [0.05, 0.1) is 6.26 Å². The molecule has 0 unspecified atom stereocenters. The third-order valence-electron chi connectivity index (χ3n) is 2.04. The van der Waals surface area contributed by atoms with Crippen LogP contribution in [0.1, 0.15) is 10.4 Å². The minimum atomic E-state index is -0.312. The zero-order chi connectivity index (χ0) is 11.5. The van der Waals surface area contributed by atoms with Crippen LogP contribution in [0.5, 0.6) is 0 Å². The molecule has 0 atom stereocenters. The van der Waals surface area contributed by atoms with Crippen LogP contribution in [-0.4, -0.2) is 5.91 Å². The number of rotatable bonds is 2. The highest BCUT2D eigenvalue weighted by molar-refractivity contribution is 6.30. The molecule has 82 valence electrons. The van der Waals surface area contributed by atoms with Gasteiger partial charge in [0, 0.05) is 10.7 Å². The Hall–Kier alpha value is -1.94. The maximum Gasteiger partial charge on any atom is 0.261 e. The Balaban J connectivity index is 2.14. The number of carbonyl (C=O) groups is 1. The van der Waals surface area contributed by atoms with Crippen molar-refractivity contribution in [1.29, 1.82) is 0 Å². The summed E-state index contributed by atoms with van der Waals surface area (Å²) in [5.41, 5.74) is 6.43. The summed E-state index contributed by atoms with van der Waals surface area (Å²) < 4.78 is 4.84. The van der Waals surface area contributed by atoms with E-state index in [2.05, 4.69) is 5.32 Å². The summed E-state index contributed by atoms with van der Waals surface area (Å²) >= 11 is 5.73. The number of anilines is 2. The number of nitrogens with one attached hydrogen (secondary N) is 1. The first-order valence-corrected chi connectivity index (χ1v) is 4.94. The van der Waals surface area contributed by atoms with E-state index in [1.54, 1.807) is 24.3 Å². The molecule has 4 nitrogen and oxygen atoms in total. The van der Waals surface area contributed by atoms with Gasteiger partial charge in [-0.25, -0.2) is 0 Å². The second kappa shape index (κ2) is 4.28. The Morgan fingerprint density at radius 1 is 1.25 bits per heavy atom. The molecule has 0 saturated carbocycles. The molecule has 0 spiro atoms. The Bertz CT molecular complexity index is 505. The number of hydrogen-bond donors (Lipinski definition) is 2. The molecule has 1 aromatic heterocycles. The van der Waals surface area contributed by atoms with Crippen molar-refractivity contribution in [3.63, 3.8) is 0 Å². The largest absolute Gasteiger partial charge is 0.448 e. The zero-order valence-corrected chi connectivity index (χ0v) is 8.99. The standard InChI is InChI=1S/C11H9ClN2O2/c12-7-1-3-8(4-2-7)14-11(15)9-5-6-16-10(9)13/h1-6H,13H2,(H,14,15). The van der Waals surface area contributed by atoms with Crippen LogP contribution < -0.4 is 11.1 Å². The van der Waals surface area contributed by atoms with Crippen molar-refractivity contribution < 1.29 is 9.21 Å². The second-order valence-corrected chi connectivity index (χ2v) is 3.60. The smallest absolute Gasteiger partial charge is 0.261 e. The van der Waals surface area contributed by atoms with Gasteiger partial charge in [0.2, 0.25) is 5.88 Å². The Labute approximate surface area is 97.0 Å². The van der Waals surface area contributed by atoms with Crippen LogP contribution in [0, 0.1) is 0 Å². The van der Waals surface area contributed by atoms with Crippen molar-refractivity contribution in [2.24, 2.45) is 0 Å². The van der Waals surface area contributed by atoms with E-state index in [1.165, 1.54) is 12.3 Å². The molecule has 0 aliphatic heterocycles. The number of nitrogen functional groups attached to an aromatic ring is 1. The first-order chi connectivity index (χ1) is 7.66. The Kier molecular flexibility index (Phi) is 2.83. The highest BCUT2D eigenvalue weighted by Gasteiger charge is 2.11. The van der Waals surface area contributed by atoms with Gasteiger partial charge in [0.25, 0.3) is 5.91 Å². The molecule has 2 rings (SSSR count). The lowest BCUT2D eigenvalue weighted by molar-refractivity contribution is 0.102. The molecule has 0 radical (unpaired) electrons. The van der Waals surface area contributed by atoms with Crippen LogP contribution in [0.2, 0.25) is 5.02 Å². The van der Waals surface area contributed by atoms with Gasteiger partial charge in [-0.3, -0.25) is 4.79 Å². The lowest BCUT2D eigenvalue weighted by atomic mass is 10.2. The average molecular weight is 237 g/mol. The highest BCUT2D eigenvalue weighted by atomic mass is 35.5. The molecule has 0 aliphatic carbocycles. The summed E-state index contributed by atoms with van der Waals surface area (Å²) in [6.07, 6.45) is 1.37. The van der Waals surface area contributed by atoms with Gasteiger partial charge >= 0.3 is 0 Å². The molecule has 5 heteroatoms. The van der Waals surface area contributed by atoms with Crippen LogP contribution in [0.25, 0.3) is 0 Å². The number of hydrogen-bond acceptors (Lipinski definition) is 3. The summed E-state index contributed by atoms with van der Waals surface area (Å²) in [7, 11) is 0. The first-order valence-electron chi connectivity index (χ1n) is 4.56. The highest BCUT2D eigenvalue weighted by Crippen LogP contribution is 2.17. The third-order valence-corrected chi connectivity index (χ3v) is 2.29. The summed E-state index contributed by atoms with van der Waals surface area (Å²) in [5.74, 6) is -0.208. The fourth-order valence-electron chi connectivity index (χ4n) is 1.24. The van der Waals surface area contributed by atoms with Gasteiger partial charge in [-0.2, -0.15) is 0 Å². The van der Waals surface area contributed by atoms with E-state index < -0.39 is 0 Å². The summed E-state index contributed by atoms with van der Waals surface area (Å²) in [4.78, 5) is 11.7. The molecule has 1 amide bonds. The molecule has 0 aliphatic rings. The van der Waals surface area contributed by atoms with Gasteiger partial charge in [0.15, 0.2) is 0 Å². The summed E-state index contributed by atoms with van der Waals surface area (Å²) in [6, 6.07) is 8.30. The van der Waals surface area contributed by atoms with Gasteiger partial charge in [-0.05, 0) is 30.3 Å². The molecular weight excluding hydrogens is 228 g/mol. The molecule has 1 aromatic carbocycles. The Morgan fingerprint density at radius 3 is 2.50 bits per heavy atom. The maximum absolute atomic E-state index is 11.7. The number of furan rings is 1. The third kappa shape index (κ3) is 2.17. The van der Waals surface area contributed by atoms with Crippen LogP contribution in [-0.2, 0) is 0 Å². The minimum Gasteiger partial charge on any atom is -0.448 e. The molecule has 1 heterocycles. The van der Waals surface area contributed by atoms with Gasteiger partial charge in [0.1, 0.15) is 5.56 Å². The van der Waals surface area contributed by atoms with Gasteiger partial charge in [-0.1, -0.05) is 11.6 Å². The van der Waals surface area contributed by atoms with E-state index in [-0.39, 0.29) is 11.8 Å². The van der Waals surface area contributed by atoms with E-state index in [1.807, 2.05) is 0 Å². The van der Waals surface area contributed by atoms with Crippen LogP contribution >= 0.6 is 11.6 Å². The van der Waals surface area contributed by atoms with Crippen LogP contribution in [0.3, 0.4) is 0 Å². The molecule has 0 bridgehead atoms. The van der Waals surface area contributed by atoms with Gasteiger partial charge < -0.3 is 15.5 Å². The predicted molar refractivity (Wildman–Crippen MR) is 62.5 cm³/mol. The van der Waals surface area contributed by atoms with Crippen molar-refractivity contribution in [2.75, 3.05) is 11.1 Å². The van der Waals surface area contributed by atoms with Gasteiger partial charge in [-0.15, -0.1) is 0 Å². The number of amides is 1. The van der Waals surface area contributed by atoms with E-state index >= 15 is 0 Å². The fraction of sp³-hybridized carbons (Fsp3) is 0. The SMILES string of the molecule is Nc1occc1C(=O)Nc1ccc(Cl)cc1. The predicted octanol–water partition coefficient (Wildman–Crippen LogP) is 2.77. The number of benzene rings is 1. The van der Waals surface area contributed by atoms with Crippen LogP contribution in [0.15, 0.2) is 41.0 Å². The minimum absolute atomic E-state index is 0.103. The molecule has 0 fully saturated rings. The van der Waals surface area contributed by atoms with E-state index in [4.69, 9.17) is 21.8 Å². The molecule has 2 aromatic rings. The molecule has 16 heavy (non-hydrogen) atoms. The number of nitrogens with two attached hydrogens (primary N) is 1. The monoisotopic (exact) mass is 236 g/mol. The lowest BCUT2D eigenvalue weighted by Crippen LogP contribution is -2.12. The Morgan fingerprint density at radius 2 is 1.94 bits per heavy atom. The summed E-state index contributed by atoms with van der Waals surface area (Å²) in [6.45, 7) is 0. The average Bonchev–Trinajstić information content (AvgIpc) is 2.68. The van der Waals surface area contributed by atoms with Crippen molar-refractivity contribution in [2.45, 2.75) is 0 Å². The number of halogens is 1. The number of carbonyl (C=O) groups excluding carboxylic acids is 1. The van der Waals surface area contributed by atoms with Crippen molar-refractivity contribution in [3.8, 4) is 0 Å². The lowest BCUT2D eigenvalue weighted by Gasteiger charge is -2.03. The maximum atomic E-state index is 11.7. The van der Waals surface area contributed by atoms with Crippen molar-refractivity contribution in [3.05, 3.63) is 47.2 Å². The zero-order valence-electron chi connectivity index (χ0n) is 8.24. The second-order valence-electron chi connectivity index (χ2n) is 3.16. The summed E-state index contributed by atoms with van der Waals surface area (Å²) in [5, 5.41) is 3.29. The van der Waals surface area contributed by atoms with E-state index in [0.717, 1.165) is 0 Å². The topological polar surface area (TPSA) is 68.3 Å². The molecule has 0 saturated heterocycles. The van der Waals surface area contributed by atoms with E-state index in [0.29, 0.717) is 16.3 Å². The fourth-order valence-corrected chi connectivity index (χ4v) is 1.37. The van der Waals surface area contributed by atoms with E-state index in [9.17, 15) is 4.79 Å². The molecular formula is C11H9ClN2O2. The van der Waals surface area contributed by atoms with Crippen molar-refractivity contribution in [1.82, 2.24) is 0 Å². The van der Waals surface area contributed by atoms with Crippen molar-refractivity contribution >= 4 is 29.1 Å². The first kappa shape index (κ1) is 10.6.